The van der Waals surface area contributed by atoms with Gasteiger partial charge in [-0.1, -0.05) is 26.8 Å². The van der Waals surface area contributed by atoms with Crippen molar-refractivity contribution in [2.45, 2.75) is 65.0 Å². The third-order valence-corrected chi connectivity index (χ3v) is 6.40. The van der Waals surface area contributed by atoms with Gasteiger partial charge in [-0.3, -0.25) is 14.4 Å². The van der Waals surface area contributed by atoms with Gasteiger partial charge in [0.15, 0.2) is 0 Å². The van der Waals surface area contributed by atoms with Crippen LogP contribution in [0.2, 0.25) is 0 Å². The summed E-state index contributed by atoms with van der Waals surface area (Å²) in [5.41, 5.74) is 1.75. The molecular weight excluding hydrogens is 489 g/mol. The highest BCUT2D eigenvalue weighted by atomic mass is 19.1. The van der Waals surface area contributed by atoms with Crippen molar-refractivity contribution in [1.82, 2.24) is 10.6 Å². The number of amides is 2. The van der Waals surface area contributed by atoms with Gasteiger partial charge < -0.3 is 25.4 Å². The molecule has 2 amide bonds. The Morgan fingerprint density at radius 1 is 1.13 bits per heavy atom. The van der Waals surface area contributed by atoms with Gasteiger partial charge in [0.1, 0.15) is 17.6 Å². The van der Waals surface area contributed by atoms with Crippen LogP contribution in [-0.2, 0) is 14.3 Å². The highest BCUT2D eigenvalue weighted by molar-refractivity contribution is 5.98. The first-order valence-corrected chi connectivity index (χ1v) is 12.9. The Bertz CT molecular complexity index is 1150. The number of benzene rings is 2. The van der Waals surface area contributed by atoms with E-state index >= 15 is 0 Å². The smallest absolute Gasteiger partial charge is 0.307 e. The van der Waals surface area contributed by atoms with E-state index in [9.17, 15) is 18.8 Å². The number of ether oxygens (including phenoxy) is 2. The number of rotatable bonds is 11. The van der Waals surface area contributed by atoms with Crippen LogP contribution < -0.4 is 20.7 Å². The average molecular weight is 528 g/mol. The molecule has 0 bridgehead atoms. The van der Waals surface area contributed by atoms with Crippen LogP contribution in [0, 0.1) is 11.2 Å². The maximum absolute atomic E-state index is 13.9. The van der Waals surface area contributed by atoms with E-state index in [1.807, 2.05) is 20.8 Å². The van der Waals surface area contributed by atoms with Crippen molar-refractivity contribution in [2.75, 3.05) is 25.6 Å². The van der Waals surface area contributed by atoms with Crippen molar-refractivity contribution in [2.24, 2.45) is 5.41 Å². The molecule has 0 spiro atoms. The second-order valence-corrected chi connectivity index (χ2v) is 10.8. The Labute approximate surface area is 223 Å². The topological polar surface area (TPSA) is 106 Å². The summed E-state index contributed by atoms with van der Waals surface area (Å²) in [5.74, 6) is -1.14. The normalized spacial score (nSPS) is 16.0. The Hall–Kier alpha value is -3.62. The molecule has 9 heteroatoms. The summed E-state index contributed by atoms with van der Waals surface area (Å²) >= 11 is 0. The van der Waals surface area contributed by atoms with E-state index in [4.69, 9.17) is 9.47 Å². The number of hydrogen-bond donors (Lipinski definition) is 3. The SMILES string of the molecule is CCOC(=O)C[C@H](CC1CNc2ccc(F)cc21)NC(=O)[C@H](CC(C)(C)C)NC(=O)c1cccc(OC)c1. The third kappa shape index (κ3) is 8.19. The fraction of sp³-hybridized carbons (Fsp3) is 0.483. The molecule has 0 aliphatic carbocycles. The number of nitrogens with one attached hydrogen (secondary N) is 3. The number of esters is 1. The number of carbonyl (C=O) groups is 3. The van der Waals surface area contributed by atoms with Crippen LogP contribution in [0.3, 0.4) is 0 Å². The zero-order valence-corrected chi connectivity index (χ0v) is 22.7. The summed E-state index contributed by atoms with van der Waals surface area (Å²) in [6, 6.07) is 9.86. The number of fused-ring (bicyclic) bond motifs is 1. The molecule has 8 nitrogen and oxygen atoms in total. The van der Waals surface area contributed by atoms with E-state index in [1.54, 1.807) is 37.3 Å². The molecule has 3 atom stereocenters. The van der Waals surface area contributed by atoms with E-state index in [1.165, 1.54) is 19.2 Å². The number of halogens is 1. The fourth-order valence-corrected chi connectivity index (χ4v) is 4.67. The fourth-order valence-electron chi connectivity index (χ4n) is 4.67. The van der Waals surface area contributed by atoms with Gasteiger partial charge in [-0.25, -0.2) is 4.39 Å². The summed E-state index contributed by atoms with van der Waals surface area (Å²) in [4.78, 5) is 39.0. The monoisotopic (exact) mass is 527 g/mol. The number of methoxy groups -OCH3 is 1. The molecule has 3 N–H and O–H groups in total. The first-order chi connectivity index (χ1) is 18.0. The highest BCUT2D eigenvalue weighted by Gasteiger charge is 2.32. The first-order valence-electron chi connectivity index (χ1n) is 12.9. The van der Waals surface area contributed by atoms with Crippen LogP contribution in [0.4, 0.5) is 10.1 Å². The Morgan fingerprint density at radius 2 is 1.89 bits per heavy atom. The van der Waals surface area contributed by atoms with Gasteiger partial charge in [0.05, 0.1) is 20.1 Å². The lowest BCUT2D eigenvalue weighted by Crippen LogP contribution is -2.51. The minimum atomic E-state index is -0.843. The van der Waals surface area contributed by atoms with Gasteiger partial charge in [0.25, 0.3) is 5.91 Å². The number of anilines is 1. The minimum absolute atomic E-state index is 0.0349. The van der Waals surface area contributed by atoms with Crippen LogP contribution in [0.1, 0.15) is 68.8 Å². The van der Waals surface area contributed by atoms with Gasteiger partial charge >= 0.3 is 5.97 Å². The van der Waals surface area contributed by atoms with Crippen molar-refractivity contribution in [3.8, 4) is 5.75 Å². The summed E-state index contributed by atoms with van der Waals surface area (Å²) in [6.07, 6.45) is 0.743. The lowest BCUT2D eigenvalue weighted by atomic mass is 9.87. The molecule has 0 saturated heterocycles. The van der Waals surface area contributed by atoms with E-state index in [0.717, 1.165) is 11.3 Å². The van der Waals surface area contributed by atoms with Crippen LogP contribution in [0.5, 0.6) is 5.75 Å². The summed E-state index contributed by atoms with van der Waals surface area (Å²) in [7, 11) is 1.52. The second kappa shape index (κ2) is 12.8. The molecule has 1 unspecified atom stereocenters. The molecule has 38 heavy (non-hydrogen) atoms. The second-order valence-electron chi connectivity index (χ2n) is 10.8. The molecule has 0 fully saturated rings. The maximum Gasteiger partial charge on any atom is 0.307 e. The maximum atomic E-state index is 13.9. The molecule has 0 saturated carbocycles. The third-order valence-electron chi connectivity index (χ3n) is 6.40. The van der Waals surface area contributed by atoms with Crippen LogP contribution in [-0.4, -0.2) is 50.1 Å². The molecular formula is C29H38FN3O5. The van der Waals surface area contributed by atoms with Crippen molar-refractivity contribution in [3.05, 3.63) is 59.4 Å². The predicted octanol–water partition coefficient (Wildman–Crippen LogP) is 4.41. The molecule has 1 aliphatic rings. The summed E-state index contributed by atoms with van der Waals surface area (Å²) in [5, 5.41) is 9.10. The Morgan fingerprint density at radius 3 is 2.58 bits per heavy atom. The van der Waals surface area contributed by atoms with E-state index in [-0.39, 0.29) is 30.2 Å². The van der Waals surface area contributed by atoms with Gasteiger partial charge in [-0.05, 0) is 67.1 Å². The largest absolute Gasteiger partial charge is 0.497 e. The highest BCUT2D eigenvalue weighted by Crippen LogP contribution is 2.35. The molecule has 206 valence electrons. The zero-order valence-electron chi connectivity index (χ0n) is 22.7. The number of carbonyl (C=O) groups excluding carboxylic acids is 3. The van der Waals surface area contributed by atoms with Crippen molar-refractivity contribution in [1.29, 1.82) is 0 Å². The van der Waals surface area contributed by atoms with Gasteiger partial charge in [-0.2, -0.15) is 0 Å². The van der Waals surface area contributed by atoms with Crippen molar-refractivity contribution in [3.63, 3.8) is 0 Å². The summed E-state index contributed by atoms with van der Waals surface area (Å²) < 4.78 is 24.3. The van der Waals surface area contributed by atoms with E-state index < -0.39 is 29.9 Å². The minimum Gasteiger partial charge on any atom is -0.497 e. The van der Waals surface area contributed by atoms with E-state index in [2.05, 4.69) is 16.0 Å². The molecule has 2 aromatic carbocycles. The predicted molar refractivity (Wildman–Crippen MR) is 144 cm³/mol. The summed E-state index contributed by atoms with van der Waals surface area (Å²) in [6.45, 7) is 8.46. The standard InChI is InChI=1S/C29H38FN3O5/c1-6-38-26(34)15-21(12-19-17-31-24-11-10-20(30)14-23(19)24)32-28(36)25(16-29(2,3)4)33-27(35)18-8-7-9-22(13-18)37-5/h7-11,13-14,19,21,25,31H,6,12,15-17H2,1-5H3,(H,32,36)(H,33,35)/t19?,21-,25-/m0/s1. The van der Waals surface area contributed by atoms with Crippen LogP contribution >= 0.6 is 0 Å². The molecule has 0 radical (unpaired) electrons. The molecule has 0 aromatic heterocycles. The molecule has 3 rings (SSSR count). The molecule has 1 heterocycles. The quantitative estimate of drug-likeness (QED) is 0.374. The van der Waals surface area contributed by atoms with Gasteiger partial charge in [0.2, 0.25) is 5.91 Å². The molecule has 1 aliphatic heterocycles. The van der Waals surface area contributed by atoms with E-state index in [0.29, 0.717) is 30.7 Å². The van der Waals surface area contributed by atoms with Gasteiger partial charge in [0, 0.05) is 29.8 Å². The lowest BCUT2D eigenvalue weighted by Gasteiger charge is -2.29. The van der Waals surface area contributed by atoms with Crippen LogP contribution in [0.25, 0.3) is 0 Å². The van der Waals surface area contributed by atoms with Crippen LogP contribution in [0.15, 0.2) is 42.5 Å². The Kier molecular flexibility index (Phi) is 9.72. The van der Waals surface area contributed by atoms with Crippen molar-refractivity contribution >= 4 is 23.5 Å². The number of hydrogen-bond acceptors (Lipinski definition) is 6. The first kappa shape index (κ1) is 28.9. The van der Waals surface area contributed by atoms with Gasteiger partial charge in [-0.15, -0.1) is 0 Å². The average Bonchev–Trinajstić information content (AvgIpc) is 3.24. The Balaban J connectivity index is 1.79. The lowest BCUT2D eigenvalue weighted by molar-refractivity contribution is -0.143. The zero-order chi connectivity index (χ0) is 27.9. The molecule has 2 aromatic rings. The van der Waals surface area contributed by atoms with Crippen molar-refractivity contribution < 1.29 is 28.2 Å².